The molecule has 0 amide bonds. The lowest BCUT2D eigenvalue weighted by atomic mass is 10.0. The van der Waals surface area contributed by atoms with Crippen molar-refractivity contribution in [2.75, 3.05) is 0 Å². The van der Waals surface area contributed by atoms with Crippen molar-refractivity contribution in [3.05, 3.63) is 45.5 Å². The summed E-state index contributed by atoms with van der Waals surface area (Å²) < 4.78 is 1.93. The molecule has 0 aliphatic carbocycles. The SMILES string of the molecule is CCn1nc(C)c(Cl)c1CC(NN)c1ccc(C)nc1C. The van der Waals surface area contributed by atoms with E-state index in [4.69, 9.17) is 17.4 Å². The van der Waals surface area contributed by atoms with E-state index in [1.807, 2.05) is 31.5 Å². The van der Waals surface area contributed by atoms with Gasteiger partial charge in [0.25, 0.3) is 0 Å². The zero-order chi connectivity index (χ0) is 15.6. The summed E-state index contributed by atoms with van der Waals surface area (Å²) in [4.78, 5) is 4.50. The fraction of sp³-hybridized carbons (Fsp3) is 0.467. The molecular weight excluding hydrogens is 286 g/mol. The third-order valence-electron chi connectivity index (χ3n) is 3.69. The molecule has 0 spiro atoms. The van der Waals surface area contributed by atoms with E-state index in [2.05, 4.69) is 28.5 Å². The van der Waals surface area contributed by atoms with E-state index in [0.29, 0.717) is 6.42 Å². The highest BCUT2D eigenvalue weighted by molar-refractivity contribution is 6.31. The molecule has 0 saturated heterocycles. The average molecular weight is 308 g/mol. The molecule has 2 heterocycles. The maximum absolute atomic E-state index is 6.38. The monoisotopic (exact) mass is 307 g/mol. The van der Waals surface area contributed by atoms with Gasteiger partial charge in [-0.2, -0.15) is 5.10 Å². The molecule has 0 radical (unpaired) electrons. The first-order chi connectivity index (χ1) is 9.97. The second-order valence-electron chi connectivity index (χ2n) is 5.21. The van der Waals surface area contributed by atoms with Gasteiger partial charge in [0, 0.05) is 24.4 Å². The van der Waals surface area contributed by atoms with Crippen LogP contribution in [0.25, 0.3) is 0 Å². The predicted octanol–water partition coefficient (Wildman–Crippen LogP) is 2.62. The van der Waals surface area contributed by atoms with Crippen LogP contribution in [0, 0.1) is 20.8 Å². The number of hydrogen-bond donors (Lipinski definition) is 2. The molecule has 1 unspecified atom stereocenters. The molecule has 0 aliphatic rings. The first-order valence-electron chi connectivity index (χ1n) is 7.10. The second kappa shape index (κ2) is 6.56. The van der Waals surface area contributed by atoms with Crippen LogP contribution in [-0.2, 0) is 13.0 Å². The molecule has 5 nitrogen and oxygen atoms in total. The molecule has 0 aliphatic heterocycles. The van der Waals surface area contributed by atoms with Crippen LogP contribution in [0.1, 0.15) is 41.3 Å². The van der Waals surface area contributed by atoms with Crippen molar-refractivity contribution in [3.63, 3.8) is 0 Å². The van der Waals surface area contributed by atoms with E-state index in [9.17, 15) is 0 Å². The molecule has 0 bridgehead atoms. The number of rotatable bonds is 5. The van der Waals surface area contributed by atoms with Crippen molar-refractivity contribution >= 4 is 11.6 Å². The van der Waals surface area contributed by atoms with Crippen molar-refractivity contribution in [1.29, 1.82) is 0 Å². The summed E-state index contributed by atoms with van der Waals surface area (Å²) in [6.07, 6.45) is 0.676. The molecule has 0 aromatic carbocycles. The molecule has 3 N–H and O–H groups in total. The smallest absolute Gasteiger partial charge is 0.0847 e. The Labute approximate surface area is 130 Å². The quantitative estimate of drug-likeness (QED) is 0.658. The number of halogens is 1. The molecule has 6 heteroatoms. The summed E-state index contributed by atoms with van der Waals surface area (Å²) in [7, 11) is 0. The summed E-state index contributed by atoms with van der Waals surface area (Å²) >= 11 is 6.38. The minimum absolute atomic E-state index is 0.0444. The Hall–Kier alpha value is -1.43. The number of pyridine rings is 1. The van der Waals surface area contributed by atoms with Gasteiger partial charge in [-0.3, -0.25) is 20.9 Å². The van der Waals surface area contributed by atoms with Gasteiger partial charge in [-0.05, 0) is 39.3 Å². The average Bonchev–Trinajstić information content (AvgIpc) is 2.72. The number of aryl methyl sites for hydroxylation is 4. The molecule has 0 saturated carbocycles. The van der Waals surface area contributed by atoms with Gasteiger partial charge in [0.15, 0.2) is 0 Å². The van der Waals surface area contributed by atoms with E-state index in [1.54, 1.807) is 0 Å². The Kier molecular flexibility index (Phi) is 4.98. The fourth-order valence-corrected chi connectivity index (χ4v) is 2.79. The Morgan fingerprint density at radius 3 is 2.57 bits per heavy atom. The number of nitrogens with zero attached hydrogens (tertiary/aromatic N) is 3. The van der Waals surface area contributed by atoms with Gasteiger partial charge in [0.2, 0.25) is 0 Å². The van der Waals surface area contributed by atoms with Gasteiger partial charge in [0.05, 0.1) is 22.5 Å². The minimum Gasteiger partial charge on any atom is -0.271 e. The Morgan fingerprint density at radius 2 is 2.00 bits per heavy atom. The number of hydrazine groups is 1. The maximum Gasteiger partial charge on any atom is 0.0847 e. The topological polar surface area (TPSA) is 68.8 Å². The van der Waals surface area contributed by atoms with Gasteiger partial charge in [-0.15, -0.1) is 0 Å². The van der Waals surface area contributed by atoms with Gasteiger partial charge < -0.3 is 0 Å². The normalized spacial score (nSPS) is 12.7. The van der Waals surface area contributed by atoms with Crippen LogP contribution in [0.4, 0.5) is 0 Å². The number of aromatic nitrogens is 3. The van der Waals surface area contributed by atoms with E-state index >= 15 is 0 Å². The Balaban J connectivity index is 2.35. The van der Waals surface area contributed by atoms with Crippen LogP contribution >= 0.6 is 11.6 Å². The van der Waals surface area contributed by atoms with Gasteiger partial charge in [0.1, 0.15) is 0 Å². The van der Waals surface area contributed by atoms with Crippen molar-refractivity contribution in [1.82, 2.24) is 20.2 Å². The lowest BCUT2D eigenvalue weighted by molar-refractivity contribution is 0.513. The minimum atomic E-state index is -0.0444. The molecular formula is C15H22ClN5. The van der Waals surface area contributed by atoms with Crippen LogP contribution in [0.2, 0.25) is 5.02 Å². The van der Waals surface area contributed by atoms with Crippen LogP contribution in [0.3, 0.4) is 0 Å². The van der Waals surface area contributed by atoms with Crippen LogP contribution in [-0.4, -0.2) is 14.8 Å². The number of nitrogens with two attached hydrogens (primary N) is 1. The maximum atomic E-state index is 6.38. The standard InChI is InChI=1S/C15H22ClN5/c1-5-21-14(15(16)11(4)20-21)8-13(19-17)12-7-6-9(2)18-10(12)3/h6-7,13,19H,5,8,17H2,1-4H3. The Morgan fingerprint density at radius 1 is 1.29 bits per heavy atom. The van der Waals surface area contributed by atoms with Crippen LogP contribution in [0.5, 0.6) is 0 Å². The summed E-state index contributed by atoms with van der Waals surface area (Å²) in [5.41, 5.74) is 7.79. The lowest BCUT2D eigenvalue weighted by Gasteiger charge is -2.19. The summed E-state index contributed by atoms with van der Waals surface area (Å²) in [5, 5.41) is 5.16. The van der Waals surface area contributed by atoms with E-state index in [0.717, 1.165) is 39.9 Å². The van der Waals surface area contributed by atoms with Gasteiger partial charge in [-0.1, -0.05) is 17.7 Å². The summed E-state index contributed by atoms with van der Waals surface area (Å²) in [6, 6.07) is 4.02. The third kappa shape index (κ3) is 3.26. The zero-order valence-corrected chi connectivity index (χ0v) is 13.7. The molecule has 114 valence electrons. The van der Waals surface area contributed by atoms with Crippen LogP contribution in [0.15, 0.2) is 12.1 Å². The van der Waals surface area contributed by atoms with E-state index in [-0.39, 0.29) is 6.04 Å². The fourth-order valence-electron chi connectivity index (χ4n) is 2.58. The highest BCUT2D eigenvalue weighted by Crippen LogP contribution is 2.27. The lowest BCUT2D eigenvalue weighted by Crippen LogP contribution is -2.31. The van der Waals surface area contributed by atoms with E-state index < -0.39 is 0 Å². The molecule has 0 fully saturated rings. The first kappa shape index (κ1) is 15.9. The van der Waals surface area contributed by atoms with Gasteiger partial charge >= 0.3 is 0 Å². The third-order valence-corrected chi connectivity index (χ3v) is 4.18. The van der Waals surface area contributed by atoms with Crippen molar-refractivity contribution in [2.45, 2.75) is 46.7 Å². The zero-order valence-electron chi connectivity index (χ0n) is 12.9. The second-order valence-corrected chi connectivity index (χ2v) is 5.59. The van der Waals surface area contributed by atoms with Gasteiger partial charge in [-0.25, -0.2) is 0 Å². The number of hydrogen-bond acceptors (Lipinski definition) is 4. The molecule has 2 aromatic rings. The van der Waals surface area contributed by atoms with Crippen molar-refractivity contribution in [3.8, 4) is 0 Å². The molecule has 21 heavy (non-hydrogen) atoms. The van der Waals surface area contributed by atoms with E-state index in [1.165, 1.54) is 0 Å². The number of nitrogens with one attached hydrogen (secondary N) is 1. The molecule has 1 atom stereocenters. The van der Waals surface area contributed by atoms with Crippen LogP contribution < -0.4 is 11.3 Å². The first-order valence-corrected chi connectivity index (χ1v) is 7.47. The van der Waals surface area contributed by atoms with Crippen molar-refractivity contribution < 1.29 is 0 Å². The predicted molar refractivity (Wildman–Crippen MR) is 85.1 cm³/mol. The van der Waals surface area contributed by atoms with Crippen molar-refractivity contribution in [2.24, 2.45) is 5.84 Å². The largest absolute Gasteiger partial charge is 0.271 e. The highest BCUT2D eigenvalue weighted by atomic mass is 35.5. The summed E-state index contributed by atoms with van der Waals surface area (Å²) in [5.74, 6) is 5.76. The summed E-state index contributed by atoms with van der Waals surface area (Å²) in [6.45, 7) is 8.73. The highest BCUT2D eigenvalue weighted by Gasteiger charge is 2.20. The molecule has 2 aromatic heterocycles. The Bertz CT molecular complexity index is 635. The molecule has 2 rings (SSSR count).